The quantitative estimate of drug-likeness (QED) is 0.486. The van der Waals surface area contributed by atoms with Crippen molar-refractivity contribution in [1.29, 1.82) is 0 Å². The van der Waals surface area contributed by atoms with Crippen molar-refractivity contribution in [1.82, 2.24) is 0 Å². The number of cyclic esters (lactones) is 2. The van der Waals surface area contributed by atoms with Gasteiger partial charge in [-0.2, -0.15) is 8.42 Å². The minimum atomic E-state index is -3.67. The van der Waals surface area contributed by atoms with Crippen LogP contribution in [0.5, 0.6) is 11.5 Å². The van der Waals surface area contributed by atoms with Crippen LogP contribution in [0.1, 0.15) is 0 Å². The van der Waals surface area contributed by atoms with E-state index in [1.54, 1.807) is 36.4 Å². The van der Waals surface area contributed by atoms with Gasteiger partial charge in [0.25, 0.3) is 10.1 Å². The van der Waals surface area contributed by atoms with E-state index < -0.39 is 34.5 Å². The Hall–Kier alpha value is -3.55. The molecule has 0 saturated carbocycles. The largest absolute Gasteiger partial charge is 0.495 e. The Bertz CT molecular complexity index is 1270. The van der Waals surface area contributed by atoms with Crippen molar-refractivity contribution < 1.29 is 46.2 Å². The molecule has 2 fully saturated rings. The van der Waals surface area contributed by atoms with E-state index in [1.807, 2.05) is 0 Å². The van der Waals surface area contributed by atoms with Crippen LogP contribution < -0.4 is 19.3 Å². The second-order valence-corrected chi connectivity index (χ2v) is 9.82. The predicted molar refractivity (Wildman–Crippen MR) is 128 cm³/mol. The fourth-order valence-corrected chi connectivity index (χ4v) is 4.38. The van der Waals surface area contributed by atoms with E-state index in [0.29, 0.717) is 22.9 Å². The molecule has 0 unspecified atom stereocenters. The first-order valence-corrected chi connectivity index (χ1v) is 12.7. The molecule has 0 spiro atoms. The molecule has 0 bridgehead atoms. The molecule has 0 aliphatic carbocycles. The van der Waals surface area contributed by atoms with Crippen molar-refractivity contribution in [3.8, 4) is 22.6 Å². The molecule has 2 aliphatic heterocycles. The summed E-state index contributed by atoms with van der Waals surface area (Å²) in [5.41, 5.74) is 2.47. The number of methoxy groups -OCH3 is 2. The highest BCUT2D eigenvalue weighted by molar-refractivity contribution is 7.85. The Balaban J connectivity index is 1.57. The number of anilines is 2. The first-order valence-electron chi connectivity index (χ1n) is 10.9. The second kappa shape index (κ2) is 10.2. The van der Waals surface area contributed by atoms with Gasteiger partial charge in [0.1, 0.15) is 30.3 Å². The molecule has 0 radical (unpaired) electrons. The number of benzene rings is 2. The van der Waals surface area contributed by atoms with Crippen molar-refractivity contribution in [2.24, 2.45) is 0 Å². The summed E-state index contributed by atoms with van der Waals surface area (Å²) >= 11 is 0. The zero-order chi connectivity index (χ0) is 26.0. The highest BCUT2D eigenvalue weighted by Crippen LogP contribution is 2.39. The molecule has 12 nitrogen and oxygen atoms in total. The van der Waals surface area contributed by atoms with Crippen LogP contribution in [0.4, 0.5) is 21.0 Å². The number of amides is 2. The van der Waals surface area contributed by atoms with Crippen LogP contribution in [0.3, 0.4) is 0 Å². The third-order valence-electron chi connectivity index (χ3n) is 5.69. The summed E-state index contributed by atoms with van der Waals surface area (Å²) in [7, 11) is -0.713. The van der Waals surface area contributed by atoms with Crippen LogP contribution in [-0.2, 0) is 23.8 Å². The van der Waals surface area contributed by atoms with Gasteiger partial charge in [-0.05, 0) is 35.4 Å². The first-order chi connectivity index (χ1) is 17.1. The normalized spacial score (nSPS) is 19.9. The highest BCUT2D eigenvalue weighted by Gasteiger charge is 2.35. The number of rotatable bonds is 9. The maximum absolute atomic E-state index is 12.4. The van der Waals surface area contributed by atoms with Gasteiger partial charge in [0.05, 0.1) is 51.5 Å². The van der Waals surface area contributed by atoms with Gasteiger partial charge in [-0.1, -0.05) is 12.1 Å². The molecular formula is C23H26N2O10S. The highest BCUT2D eigenvalue weighted by atomic mass is 32.2. The molecule has 1 N–H and O–H groups in total. The van der Waals surface area contributed by atoms with Gasteiger partial charge in [0, 0.05) is 0 Å². The van der Waals surface area contributed by atoms with Crippen LogP contribution in [-0.4, -0.2) is 84.7 Å². The van der Waals surface area contributed by atoms with Crippen LogP contribution in [0, 0.1) is 0 Å². The third-order valence-corrected chi connectivity index (χ3v) is 6.26. The standard InChI is InChI=1S/C23H26N2O10S/c1-31-20-8-14(4-6-18(20)24-10-16(12-26)34-22(24)27)15-5-7-19(21(9-15)32-2)25-11-17(35-23(25)28)13-33-36(3,29)30/h4-9,16-17,26H,10-13H2,1-3H3/t16-,17-/m1/s1. The zero-order valence-corrected chi connectivity index (χ0v) is 20.7. The molecule has 13 heteroatoms. The fourth-order valence-electron chi connectivity index (χ4n) is 3.98. The molecule has 2 heterocycles. The number of aliphatic hydroxyl groups is 1. The Labute approximate surface area is 208 Å². The van der Waals surface area contributed by atoms with E-state index in [9.17, 15) is 23.1 Å². The molecule has 2 saturated heterocycles. The van der Waals surface area contributed by atoms with Crippen LogP contribution in [0.15, 0.2) is 36.4 Å². The van der Waals surface area contributed by atoms with Crippen molar-refractivity contribution in [2.75, 3.05) is 56.6 Å². The lowest BCUT2D eigenvalue weighted by molar-refractivity contribution is 0.0963. The number of hydrogen-bond donors (Lipinski definition) is 1. The molecule has 2 aromatic rings. The number of carbonyl (C=O) groups is 2. The van der Waals surface area contributed by atoms with E-state index in [4.69, 9.17) is 23.1 Å². The van der Waals surface area contributed by atoms with Gasteiger partial charge in [-0.25, -0.2) is 9.59 Å². The SMILES string of the molecule is COc1cc(-c2ccc(N3C[C@H](COS(C)(=O)=O)OC3=O)c(OC)c2)ccc1N1C[C@H](CO)OC1=O. The fraction of sp³-hybridized carbons (Fsp3) is 0.391. The van der Waals surface area contributed by atoms with E-state index in [-0.39, 0.29) is 26.3 Å². The van der Waals surface area contributed by atoms with E-state index in [1.165, 1.54) is 24.0 Å². The molecule has 2 atom stereocenters. The molecule has 2 amide bonds. The van der Waals surface area contributed by atoms with E-state index >= 15 is 0 Å². The van der Waals surface area contributed by atoms with Crippen molar-refractivity contribution in [2.45, 2.75) is 12.2 Å². The summed E-state index contributed by atoms with van der Waals surface area (Å²) in [6, 6.07) is 10.5. The molecular weight excluding hydrogens is 496 g/mol. The molecule has 4 rings (SSSR count). The Morgan fingerprint density at radius 1 is 0.889 bits per heavy atom. The Morgan fingerprint density at radius 2 is 1.36 bits per heavy atom. The van der Waals surface area contributed by atoms with Gasteiger partial charge in [0.2, 0.25) is 0 Å². The molecule has 2 aliphatic rings. The third kappa shape index (κ3) is 5.32. The molecule has 2 aromatic carbocycles. The van der Waals surface area contributed by atoms with Crippen molar-refractivity contribution in [3.63, 3.8) is 0 Å². The average Bonchev–Trinajstić information content (AvgIpc) is 3.43. The Morgan fingerprint density at radius 3 is 1.78 bits per heavy atom. The smallest absolute Gasteiger partial charge is 0.414 e. The molecule has 0 aromatic heterocycles. The number of ether oxygens (including phenoxy) is 4. The summed E-state index contributed by atoms with van der Waals surface area (Å²) < 4.78 is 48.6. The van der Waals surface area contributed by atoms with Gasteiger partial charge >= 0.3 is 12.2 Å². The summed E-state index contributed by atoms with van der Waals surface area (Å²) in [4.78, 5) is 27.4. The number of carbonyl (C=O) groups excluding carboxylic acids is 2. The lowest BCUT2D eigenvalue weighted by Crippen LogP contribution is -2.26. The van der Waals surface area contributed by atoms with Gasteiger partial charge in [0.15, 0.2) is 0 Å². The summed E-state index contributed by atoms with van der Waals surface area (Å²) in [5, 5.41) is 9.30. The monoisotopic (exact) mass is 522 g/mol. The minimum absolute atomic E-state index is 0.0906. The first kappa shape index (κ1) is 25.5. The van der Waals surface area contributed by atoms with Crippen LogP contribution in [0.25, 0.3) is 11.1 Å². The second-order valence-electron chi connectivity index (χ2n) is 8.18. The molecule has 194 valence electrons. The topological polar surface area (TPSA) is 141 Å². The van der Waals surface area contributed by atoms with E-state index in [2.05, 4.69) is 0 Å². The number of hydrogen-bond acceptors (Lipinski definition) is 10. The number of nitrogens with zero attached hydrogens (tertiary/aromatic N) is 2. The lowest BCUT2D eigenvalue weighted by atomic mass is 10.0. The average molecular weight is 523 g/mol. The maximum Gasteiger partial charge on any atom is 0.414 e. The number of aliphatic hydroxyl groups excluding tert-OH is 1. The van der Waals surface area contributed by atoms with Crippen molar-refractivity contribution >= 4 is 33.7 Å². The predicted octanol–water partition coefficient (Wildman–Crippen LogP) is 1.99. The van der Waals surface area contributed by atoms with Gasteiger partial charge in [-0.15, -0.1) is 0 Å². The zero-order valence-electron chi connectivity index (χ0n) is 19.9. The van der Waals surface area contributed by atoms with Gasteiger partial charge in [-0.3, -0.25) is 14.0 Å². The van der Waals surface area contributed by atoms with Crippen molar-refractivity contribution in [3.05, 3.63) is 36.4 Å². The Kier molecular flexibility index (Phi) is 7.24. The van der Waals surface area contributed by atoms with E-state index in [0.717, 1.165) is 17.4 Å². The van der Waals surface area contributed by atoms with Crippen LogP contribution in [0.2, 0.25) is 0 Å². The maximum atomic E-state index is 12.4. The van der Waals surface area contributed by atoms with Crippen LogP contribution >= 0.6 is 0 Å². The summed E-state index contributed by atoms with van der Waals surface area (Å²) in [5.74, 6) is 0.828. The van der Waals surface area contributed by atoms with Gasteiger partial charge < -0.3 is 24.1 Å². The minimum Gasteiger partial charge on any atom is -0.495 e. The summed E-state index contributed by atoms with van der Waals surface area (Å²) in [6.07, 6.45) is -1.64. The lowest BCUT2D eigenvalue weighted by Gasteiger charge is -2.19. The molecule has 36 heavy (non-hydrogen) atoms. The summed E-state index contributed by atoms with van der Waals surface area (Å²) in [6.45, 7) is -0.259.